The van der Waals surface area contributed by atoms with Crippen LogP contribution in [-0.4, -0.2) is 35.7 Å². The van der Waals surface area contributed by atoms with Crippen molar-refractivity contribution in [2.24, 2.45) is 5.92 Å². The summed E-state index contributed by atoms with van der Waals surface area (Å²) in [6.07, 6.45) is 4.61. The standard InChI is InChI=1S/C15H28O7S/c1-4-7-8-12(6-3)11-20-14(16)10-13(23-22-21-18)15(17)19-9-5-2/h12-13,18H,4-11H2,1-3H3. The maximum Gasteiger partial charge on any atom is 0.322 e. The van der Waals surface area contributed by atoms with Crippen LogP contribution in [-0.2, 0) is 28.4 Å². The fraction of sp³-hybridized carbons (Fsp3) is 0.867. The van der Waals surface area contributed by atoms with E-state index in [1.54, 1.807) is 0 Å². The first-order valence-electron chi connectivity index (χ1n) is 8.04. The highest BCUT2D eigenvalue weighted by Gasteiger charge is 2.27. The van der Waals surface area contributed by atoms with Gasteiger partial charge in [0.1, 0.15) is 5.25 Å². The van der Waals surface area contributed by atoms with Crippen molar-refractivity contribution >= 4 is 24.0 Å². The molecular weight excluding hydrogens is 324 g/mol. The Morgan fingerprint density at radius 3 is 2.43 bits per heavy atom. The van der Waals surface area contributed by atoms with E-state index in [4.69, 9.17) is 14.7 Å². The second kappa shape index (κ2) is 14.7. The first-order chi connectivity index (χ1) is 11.1. The molecular formula is C15H28O7S. The fourth-order valence-corrected chi connectivity index (χ4v) is 2.32. The molecule has 0 aliphatic heterocycles. The van der Waals surface area contributed by atoms with E-state index < -0.39 is 17.2 Å². The number of ether oxygens (including phenoxy) is 2. The zero-order valence-corrected chi connectivity index (χ0v) is 14.9. The topological polar surface area (TPSA) is 91.3 Å². The van der Waals surface area contributed by atoms with Crippen LogP contribution in [0.2, 0.25) is 0 Å². The van der Waals surface area contributed by atoms with Crippen molar-refractivity contribution in [1.82, 2.24) is 0 Å². The van der Waals surface area contributed by atoms with Crippen LogP contribution in [0.25, 0.3) is 0 Å². The van der Waals surface area contributed by atoms with Crippen molar-refractivity contribution in [3.63, 3.8) is 0 Å². The molecule has 0 aromatic heterocycles. The smallest absolute Gasteiger partial charge is 0.322 e. The van der Waals surface area contributed by atoms with Crippen LogP contribution in [0.4, 0.5) is 0 Å². The number of hydrogen-bond acceptors (Lipinski definition) is 8. The molecule has 23 heavy (non-hydrogen) atoms. The van der Waals surface area contributed by atoms with Gasteiger partial charge < -0.3 is 9.47 Å². The molecule has 0 amide bonds. The van der Waals surface area contributed by atoms with Gasteiger partial charge in [-0.2, -0.15) is 0 Å². The molecule has 0 aromatic rings. The summed E-state index contributed by atoms with van der Waals surface area (Å²) in [6.45, 7) is 6.62. The lowest BCUT2D eigenvalue weighted by Crippen LogP contribution is -2.26. The summed E-state index contributed by atoms with van der Waals surface area (Å²) in [5.74, 6) is -0.787. The monoisotopic (exact) mass is 352 g/mol. The average molecular weight is 352 g/mol. The number of carbonyl (C=O) groups excluding carboxylic acids is 2. The molecule has 1 N–H and O–H groups in total. The summed E-state index contributed by atoms with van der Waals surface area (Å²) >= 11 is 0.515. The third kappa shape index (κ3) is 11.4. The first kappa shape index (κ1) is 22.2. The normalized spacial score (nSPS) is 13.4. The summed E-state index contributed by atoms with van der Waals surface area (Å²) in [6, 6.07) is 0. The molecule has 0 aliphatic carbocycles. The van der Waals surface area contributed by atoms with Crippen LogP contribution >= 0.6 is 12.0 Å². The lowest BCUT2D eigenvalue weighted by molar-refractivity contribution is -0.432. The minimum absolute atomic E-state index is 0.208. The second-order valence-electron chi connectivity index (χ2n) is 5.20. The molecule has 0 aliphatic rings. The predicted molar refractivity (Wildman–Crippen MR) is 86.3 cm³/mol. The van der Waals surface area contributed by atoms with Gasteiger partial charge in [0.25, 0.3) is 0 Å². The Kier molecular flexibility index (Phi) is 14.2. The number of rotatable bonds is 14. The van der Waals surface area contributed by atoms with Gasteiger partial charge in [-0.1, -0.05) is 45.1 Å². The summed E-state index contributed by atoms with van der Waals surface area (Å²) in [4.78, 5) is 23.7. The highest BCUT2D eigenvalue weighted by molar-refractivity contribution is 7.95. The van der Waals surface area contributed by atoms with E-state index in [0.717, 1.165) is 25.7 Å². The molecule has 2 atom stereocenters. The number of carbonyl (C=O) groups is 2. The highest BCUT2D eigenvalue weighted by atomic mass is 32.2. The molecule has 0 aromatic carbocycles. The quantitative estimate of drug-likeness (QED) is 0.220. The molecule has 0 spiro atoms. The van der Waals surface area contributed by atoms with Crippen LogP contribution in [0.15, 0.2) is 0 Å². The van der Waals surface area contributed by atoms with E-state index in [2.05, 4.69) is 23.2 Å². The zero-order valence-electron chi connectivity index (χ0n) is 14.1. The third-order valence-electron chi connectivity index (χ3n) is 3.27. The Hall–Kier alpha value is -0.830. The first-order valence-corrected chi connectivity index (χ1v) is 8.85. The number of unbranched alkanes of at least 4 members (excludes halogenated alkanes) is 1. The molecule has 2 unspecified atom stereocenters. The van der Waals surface area contributed by atoms with E-state index in [-0.39, 0.29) is 13.0 Å². The van der Waals surface area contributed by atoms with Gasteiger partial charge in [0.05, 0.1) is 31.7 Å². The minimum Gasteiger partial charge on any atom is -0.465 e. The lowest BCUT2D eigenvalue weighted by Gasteiger charge is -2.16. The van der Waals surface area contributed by atoms with Crippen LogP contribution in [0, 0.1) is 5.92 Å². The minimum atomic E-state index is -0.947. The molecule has 8 heteroatoms. The third-order valence-corrected chi connectivity index (χ3v) is 4.00. The second-order valence-corrected chi connectivity index (χ2v) is 6.10. The molecule has 0 rings (SSSR count). The van der Waals surface area contributed by atoms with E-state index in [9.17, 15) is 9.59 Å². The Balaban J connectivity index is 4.31. The highest BCUT2D eigenvalue weighted by Crippen LogP contribution is 2.19. The van der Waals surface area contributed by atoms with Crippen molar-refractivity contribution in [3.05, 3.63) is 0 Å². The van der Waals surface area contributed by atoms with Crippen molar-refractivity contribution < 1.29 is 33.7 Å². The lowest BCUT2D eigenvalue weighted by atomic mass is 10.0. The summed E-state index contributed by atoms with van der Waals surface area (Å²) in [7, 11) is 0. The maximum atomic E-state index is 11.9. The average Bonchev–Trinajstić information content (AvgIpc) is 2.56. The predicted octanol–water partition coefficient (Wildman–Crippen LogP) is 3.53. The maximum absolute atomic E-state index is 11.9. The van der Waals surface area contributed by atoms with Gasteiger partial charge in [-0.3, -0.25) is 9.59 Å². The van der Waals surface area contributed by atoms with Crippen LogP contribution in [0.1, 0.15) is 59.3 Å². The van der Waals surface area contributed by atoms with Gasteiger partial charge in [-0.05, 0) is 18.8 Å². The summed E-state index contributed by atoms with van der Waals surface area (Å²) in [5.41, 5.74) is 0. The number of hydrogen-bond donors (Lipinski definition) is 1. The number of esters is 2. The van der Waals surface area contributed by atoms with Crippen molar-refractivity contribution in [2.45, 2.75) is 64.5 Å². The van der Waals surface area contributed by atoms with E-state index in [1.807, 2.05) is 6.92 Å². The van der Waals surface area contributed by atoms with Crippen LogP contribution in [0.3, 0.4) is 0 Å². The van der Waals surface area contributed by atoms with Gasteiger partial charge in [0.15, 0.2) is 0 Å². The Labute approximate surface area is 142 Å². The molecule has 0 heterocycles. The van der Waals surface area contributed by atoms with Gasteiger partial charge in [-0.25, -0.2) is 5.26 Å². The fourth-order valence-electron chi connectivity index (χ4n) is 1.84. The Morgan fingerprint density at radius 2 is 1.87 bits per heavy atom. The van der Waals surface area contributed by atoms with Crippen molar-refractivity contribution in [3.8, 4) is 0 Å². The van der Waals surface area contributed by atoms with Crippen LogP contribution < -0.4 is 0 Å². The van der Waals surface area contributed by atoms with Gasteiger partial charge >= 0.3 is 11.9 Å². The Bertz CT molecular complexity index is 325. The van der Waals surface area contributed by atoms with E-state index in [1.165, 1.54) is 0 Å². The van der Waals surface area contributed by atoms with Gasteiger partial charge in [0, 0.05) is 0 Å². The van der Waals surface area contributed by atoms with E-state index >= 15 is 0 Å². The molecule has 136 valence electrons. The van der Waals surface area contributed by atoms with Crippen LogP contribution in [0.5, 0.6) is 0 Å². The molecule has 0 radical (unpaired) electrons. The van der Waals surface area contributed by atoms with E-state index in [0.29, 0.717) is 31.0 Å². The molecule has 7 nitrogen and oxygen atoms in total. The largest absolute Gasteiger partial charge is 0.465 e. The Morgan fingerprint density at radius 1 is 1.13 bits per heavy atom. The summed E-state index contributed by atoms with van der Waals surface area (Å²) < 4.78 is 14.5. The molecule has 0 saturated carbocycles. The van der Waals surface area contributed by atoms with Gasteiger partial charge in [-0.15, -0.1) is 4.33 Å². The molecule has 0 bridgehead atoms. The van der Waals surface area contributed by atoms with Gasteiger partial charge in [0.2, 0.25) is 0 Å². The SMILES string of the molecule is CCCCC(CC)COC(=O)CC(SOOO)C(=O)OCCC. The molecule has 0 fully saturated rings. The summed E-state index contributed by atoms with van der Waals surface area (Å²) in [5, 5.41) is 10.7. The van der Waals surface area contributed by atoms with Crippen molar-refractivity contribution in [1.29, 1.82) is 0 Å². The zero-order chi connectivity index (χ0) is 17.5. The van der Waals surface area contributed by atoms with Crippen molar-refractivity contribution in [2.75, 3.05) is 13.2 Å². The molecule has 0 saturated heterocycles.